The molecule has 6 heteroatoms. The Morgan fingerprint density at radius 3 is 2.47 bits per heavy atom. The lowest BCUT2D eigenvalue weighted by atomic mass is 10.1. The number of nitrogen functional groups attached to an aromatic ring is 1. The van der Waals surface area contributed by atoms with Crippen LogP contribution in [0.15, 0.2) is 6.07 Å². The van der Waals surface area contributed by atoms with Gasteiger partial charge in [-0.2, -0.15) is 4.98 Å². The molecule has 19 heavy (non-hydrogen) atoms. The van der Waals surface area contributed by atoms with Gasteiger partial charge in [-0.05, 0) is 27.9 Å². The van der Waals surface area contributed by atoms with Gasteiger partial charge in [-0.1, -0.05) is 13.8 Å². The van der Waals surface area contributed by atoms with Crippen molar-refractivity contribution < 1.29 is 4.74 Å². The summed E-state index contributed by atoms with van der Waals surface area (Å²) in [5.41, 5.74) is 2.47. The SMILES string of the molecule is CC(C)c1nc(NN)cc(OCC(C)(C)N(C)C)n1. The van der Waals surface area contributed by atoms with E-state index >= 15 is 0 Å². The molecule has 0 aliphatic heterocycles. The second kappa shape index (κ2) is 6.16. The van der Waals surface area contributed by atoms with E-state index in [0.29, 0.717) is 24.1 Å². The Morgan fingerprint density at radius 2 is 2.00 bits per heavy atom. The summed E-state index contributed by atoms with van der Waals surface area (Å²) in [6.45, 7) is 8.82. The van der Waals surface area contributed by atoms with Crippen molar-refractivity contribution in [1.29, 1.82) is 0 Å². The summed E-state index contributed by atoms with van der Waals surface area (Å²) in [6.07, 6.45) is 0. The highest BCUT2D eigenvalue weighted by Crippen LogP contribution is 2.19. The Balaban J connectivity index is 2.86. The molecule has 0 saturated carbocycles. The van der Waals surface area contributed by atoms with E-state index in [9.17, 15) is 0 Å². The molecule has 0 radical (unpaired) electrons. The van der Waals surface area contributed by atoms with Gasteiger partial charge in [0.2, 0.25) is 5.88 Å². The van der Waals surface area contributed by atoms with Gasteiger partial charge in [-0.25, -0.2) is 10.8 Å². The normalized spacial score (nSPS) is 12.1. The van der Waals surface area contributed by atoms with Crippen molar-refractivity contribution in [3.8, 4) is 5.88 Å². The van der Waals surface area contributed by atoms with Crippen molar-refractivity contribution in [2.75, 3.05) is 26.1 Å². The highest BCUT2D eigenvalue weighted by molar-refractivity contribution is 5.37. The average molecular weight is 267 g/mol. The fourth-order valence-electron chi connectivity index (χ4n) is 1.23. The first-order chi connectivity index (χ1) is 8.76. The third kappa shape index (κ3) is 4.33. The van der Waals surface area contributed by atoms with Gasteiger partial charge in [0.15, 0.2) is 0 Å². The molecular formula is C13H25N5O. The standard InChI is InChI=1S/C13H25N5O/c1-9(2)12-15-10(17-14)7-11(16-12)19-8-13(3,4)18(5)6/h7,9H,8,14H2,1-6H3,(H,15,16,17). The lowest BCUT2D eigenvalue weighted by Gasteiger charge is -2.31. The molecule has 0 spiro atoms. The van der Waals surface area contributed by atoms with Gasteiger partial charge in [0.05, 0.1) is 0 Å². The van der Waals surface area contributed by atoms with Gasteiger partial charge in [-0.15, -0.1) is 0 Å². The fourth-order valence-corrected chi connectivity index (χ4v) is 1.23. The molecule has 0 bridgehead atoms. The predicted molar refractivity (Wildman–Crippen MR) is 77.2 cm³/mol. The Labute approximate surface area is 115 Å². The van der Waals surface area contributed by atoms with Crippen LogP contribution < -0.4 is 16.0 Å². The highest BCUT2D eigenvalue weighted by atomic mass is 16.5. The topological polar surface area (TPSA) is 76.3 Å². The maximum absolute atomic E-state index is 5.78. The molecule has 0 unspecified atom stereocenters. The number of aromatic nitrogens is 2. The molecular weight excluding hydrogens is 242 g/mol. The Hall–Kier alpha value is -1.40. The minimum atomic E-state index is -0.0702. The number of nitrogens with one attached hydrogen (secondary N) is 1. The minimum Gasteiger partial charge on any atom is -0.476 e. The molecule has 0 saturated heterocycles. The van der Waals surface area contributed by atoms with Crippen LogP contribution >= 0.6 is 0 Å². The number of rotatable bonds is 6. The summed E-state index contributed by atoms with van der Waals surface area (Å²) in [4.78, 5) is 10.8. The first-order valence-electron chi connectivity index (χ1n) is 6.42. The molecule has 0 aromatic carbocycles. The van der Waals surface area contributed by atoms with Gasteiger partial charge in [0, 0.05) is 17.5 Å². The van der Waals surface area contributed by atoms with Crippen molar-refractivity contribution in [1.82, 2.24) is 14.9 Å². The van der Waals surface area contributed by atoms with E-state index < -0.39 is 0 Å². The van der Waals surface area contributed by atoms with Gasteiger partial charge >= 0.3 is 0 Å². The molecule has 3 N–H and O–H groups in total. The quantitative estimate of drug-likeness (QED) is 0.602. The molecule has 0 aliphatic carbocycles. The lowest BCUT2D eigenvalue weighted by molar-refractivity contribution is 0.111. The third-order valence-corrected chi connectivity index (χ3v) is 3.17. The summed E-state index contributed by atoms with van der Waals surface area (Å²) >= 11 is 0. The number of hydrogen-bond acceptors (Lipinski definition) is 6. The van der Waals surface area contributed by atoms with E-state index in [0.717, 1.165) is 0 Å². The van der Waals surface area contributed by atoms with Crippen molar-refractivity contribution in [2.24, 2.45) is 5.84 Å². The first-order valence-corrected chi connectivity index (χ1v) is 6.42. The zero-order valence-corrected chi connectivity index (χ0v) is 12.7. The van der Waals surface area contributed by atoms with E-state index in [4.69, 9.17) is 10.6 Å². The van der Waals surface area contributed by atoms with Crippen LogP contribution in [0.5, 0.6) is 5.88 Å². The molecule has 108 valence electrons. The van der Waals surface area contributed by atoms with Crippen LogP contribution in [0.2, 0.25) is 0 Å². The van der Waals surface area contributed by atoms with Crippen LogP contribution in [0, 0.1) is 0 Å². The minimum absolute atomic E-state index is 0.0702. The Kier molecular flexibility index (Phi) is 5.08. The summed E-state index contributed by atoms with van der Waals surface area (Å²) in [5.74, 6) is 7.46. The van der Waals surface area contributed by atoms with Gasteiger partial charge in [-0.3, -0.25) is 0 Å². The van der Waals surface area contributed by atoms with E-state index in [-0.39, 0.29) is 11.5 Å². The van der Waals surface area contributed by atoms with Crippen molar-refractivity contribution >= 4 is 5.82 Å². The van der Waals surface area contributed by atoms with E-state index in [1.165, 1.54) is 0 Å². The van der Waals surface area contributed by atoms with E-state index in [1.54, 1.807) is 6.07 Å². The maximum atomic E-state index is 5.78. The second-order valence-electron chi connectivity index (χ2n) is 5.74. The molecule has 6 nitrogen and oxygen atoms in total. The van der Waals surface area contributed by atoms with Crippen molar-refractivity contribution in [2.45, 2.75) is 39.2 Å². The number of likely N-dealkylation sites (N-methyl/N-ethyl adjacent to an activating group) is 1. The highest BCUT2D eigenvalue weighted by Gasteiger charge is 2.22. The second-order valence-corrected chi connectivity index (χ2v) is 5.74. The molecule has 1 aromatic rings. The molecule has 0 aliphatic rings. The third-order valence-electron chi connectivity index (χ3n) is 3.17. The van der Waals surface area contributed by atoms with Crippen LogP contribution in [0.3, 0.4) is 0 Å². The van der Waals surface area contributed by atoms with Crippen LogP contribution in [-0.4, -0.2) is 41.1 Å². The van der Waals surface area contributed by atoms with Crippen molar-refractivity contribution in [3.05, 3.63) is 11.9 Å². The number of anilines is 1. The summed E-state index contributed by atoms with van der Waals surface area (Å²) in [7, 11) is 4.05. The smallest absolute Gasteiger partial charge is 0.218 e. The van der Waals surface area contributed by atoms with E-state index in [1.807, 2.05) is 27.9 Å². The zero-order chi connectivity index (χ0) is 14.6. The Bertz CT molecular complexity index is 417. The monoisotopic (exact) mass is 267 g/mol. The first kappa shape index (κ1) is 15.7. The Morgan fingerprint density at radius 1 is 1.37 bits per heavy atom. The number of nitrogens with two attached hydrogens (primary N) is 1. The average Bonchev–Trinajstić information content (AvgIpc) is 2.35. The molecule has 1 aromatic heterocycles. The van der Waals surface area contributed by atoms with Gasteiger partial charge in [0.1, 0.15) is 18.2 Å². The largest absolute Gasteiger partial charge is 0.476 e. The molecule has 0 amide bonds. The van der Waals surface area contributed by atoms with Crippen LogP contribution in [0.1, 0.15) is 39.4 Å². The van der Waals surface area contributed by atoms with Crippen LogP contribution in [0.4, 0.5) is 5.82 Å². The van der Waals surface area contributed by atoms with Crippen LogP contribution in [-0.2, 0) is 0 Å². The maximum Gasteiger partial charge on any atom is 0.218 e. The molecule has 0 fully saturated rings. The predicted octanol–water partition coefficient (Wildman–Crippen LogP) is 1.60. The summed E-state index contributed by atoms with van der Waals surface area (Å²) < 4.78 is 5.78. The van der Waals surface area contributed by atoms with Crippen LogP contribution in [0.25, 0.3) is 0 Å². The number of hydrazine groups is 1. The number of nitrogens with zero attached hydrogens (tertiary/aromatic N) is 3. The molecule has 0 atom stereocenters. The van der Waals surface area contributed by atoms with Crippen molar-refractivity contribution in [3.63, 3.8) is 0 Å². The lowest BCUT2D eigenvalue weighted by Crippen LogP contribution is -2.43. The fraction of sp³-hybridized carbons (Fsp3) is 0.692. The summed E-state index contributed by atoms with van der Waals surface area (Å²) in [5, 5.41) is 0. The zero-order valence-electron chi connectivity index (χ0n) is 12.7. The molecule has 1 rings (SSSR count). The van der Waals surface area contributed by atoms with Gasteiger partial charge in [0.25, 0.3) is 0 Å². The number of hydrogen-bond donors (Lipinski definition) is 2. The number of ether oxygens (including phenoxy) is 1. The van der Waals surface area contributed by atoms with E-state index in [2.05, 4.69) is 34.1 Å². The summed E-state index contributed by atoms with van der Waals surface area (Å²) in [6, 6.07) is 1.71. The molecule has 1 heterocycles. The van der Waals surface area contributed by atoms with Gasteiger partial charge < -0.3 is 15.1 Å².